The van der Waals surface area contributed by atoms with Gasteiger partial charge in [0.05, 0.1) is 12.0 Å². The van der Waals surface area contributed by atoms with Gasteiger partial charge in [0.25, 0.3) is 0 Å². The van der Waals surface area contributed by atoms with Crippen molar-refractivity contribution in [3.8, 4) is 5.75 Å². The second kappa shape index (κ2) is 4.97. The maximum absolute atomic E-state index is 10.8. The Kier molecular flexibility index (Phi) is 3.39. The summed E-state index contributed by atoms with van der Waals surface area (Å²) in [4.78, 5) is 11.5. The van der Waals surface area contributed by atoms with E-state index in [9.17, 15) is 9.90 Å². The predicted octanol–water partition coefficient (Wildman–Crippen LogP) is 2.98. The van der Waals surface area contributed by atoms with Crippen LogP contribution in [0.1, 0.15) is 16.1 Å². The molecule has 0 bridgehead atoms. The number of aromatic hydroxyl groups is 1. The second-order valence-corrected chi connectivity index (χ2v) is 4.34. The zero-order valence-electron chi connectivity index (χ0n) is 8.79. The molecule has 2 N–H and O–H groups in total. The fourth-order valence-corrected chi connectivity index (χ4v) is 2.27. The lowest BCUT2D eigenvalue weighted by molar-refractivity contribution is 0.0695. The molecule has 0 unspecified atom stereocenters. The molecule has 1 aromatic heterocycles. The molecule has 1 aromatic carbocycles. The number of furan rings is 1. The minimum atomic E-state index is -1.01. The number of carbonyl (C=O) groups is 1. The number of rotatable bonds is 4. The number of hydrogen-bond donors (Lipinski definition) is 2. The normalized spacial score (nSPS) is 10.4. The maximum atomic E-state index is 10.8. The molecule has 0 atom stereocenters. The van der Waals surface area contributed by atoms with Gasteiger partial charge in [-0.25, -0.2) is 4.79 Å². The monoisotopic (exact) mass is 250 g/mol. The van der Waals surface area contributed by atoms with E-state index in [1.54, 1.807) is 18.2 Å². The van der Waals surface area contributed by atoms with Crippen molar-refractivity contribution in [3.63, 3.8) is 0 Å². The van der Waals surface area contributed by atoms with Gasteiger partial charge in [0.15, 0.2) is 0 Å². The predicted molar refractivity (Wildman–Crippen MR) is 63.3 cm³/mol. The van der Waals surface area contributed by atoms with Crippen LogP contribution in [0.4, 0.5) is 0 Å². The lowest BCUT2D eigenvalue weighted by atomic mass is 10.3. The first-order valence-electron chi connectivity index (χ1n) is 4.89. The smallest absolute Gasteiger partial charge is 0.339 e. The molecule has 0 aliphatic heterocycles. The van der Waals surface area contributed by atoms with Crippen LogP contribution in [0.25, 0.3) is 0 Å². The first-order chi connectivity index (χ1) is 8.18. The Morgan fingerprint density at radius 3 is 2.76 bits per heavy atom. The number of aromatic carboxylic acids is 1. The topological polar surface area (TPSA) is 70.7 Å². The van der Waals surface area contributed by atoms with Crippen molar-refractivity contribution in [2.75, 3.05) is 0 Å². The lowest BCUT2D eigenvalue weighted by Gasteiger charge is -2.02. The molecular formula is C12H10O4S. The van der Waals surface area contributed by atoms with E-state index >= 15 is 0 Å². The number of phenolic OH excluding ortho intramolecular Hbond substituents is 1. The Bertz CT molecular complexity index is 533. The molecule has 2 rings (SSSR count). The minimum Gasteiger partial charge on any atom is -0.507 e. The molecule has 0 amide bonds. The average Bonchev–Trinajstić information content (AvgIpc) is 2.76. The van der Waals surface area contributed by atoms with Crippen LogP contribution in [0, 0.1) is 0 Å². The number of carboxylic acid groups (broad SMARTS) is 1. The van der Waals surface area contributed by atoms with Crippen LogP contribution in [-0.4, -0.2) is 16.2 Å². The van der Waals surface area contributed by atoms with Crippen LogP contribution in [0.5, 0.6) is 5.75 Å². The van der Waals surface area contributed by atoms with Crippen molar-refractivity contribution in [2.45, 2.75) is 10.6 Å². The first-order valence-corrected chi connectivity index (χ1v) is 5.87. The molecule has 1 heterocycles. The number of para-hydroxylation sites is 1. The molecule has 2 aromatic rings. The van der Waals surface area contributed by atoms with Gasteiger partial charge in [-0.05, 0) is 18.2 Å². The summed E-state index contributed by atoms with van der Waals surface area (Å²) >= 11 is 1.33. The summed E-state index contributed by atoms with van der Waals surface area (Å²) in [5.41, 5.74) is 0.160. The number of benzene rings is 1. The van der Waals surface area contributed by atoms with Crippen LogP contribution in [0.2, 0.25) is 0 Å². The highest BCUT2D eigenvalue weighted by molar-refractivity contribution is 7.98. The first kappa shape index (κ1) is 11.6. The highest BCUT2D eigenvalue weighted by Gasteiger charge is 2.13. The van der Waals surface area contributed by atoms with Gasteiger partial charge in [0, 0.05) is 4.90 Å². The summed E-state index contributed by atoms with van der Waals surface area (Å²) < 4.78 is 5.10. The van der Waals surface area contributed by atoms with E-state index < -0.39 is 5.97 Å². The van der Waals surface area contributed by atoms with Crippen LogP contribution in [0.15, 0.2) is 45.9 Å². The van der Waals surface area contributed by atoms with E-state index in [1.165, 1.54) is 24.1 Å². The molecule has 0 aliphatic rings. The molecule has 0 aliphatic carbocycles. The molecule has 0 fully saturated rings. The van der Waals surface area contributed by atoms with Gasteiger partial charge in [0.2, 0.25) is 0 Å². The lowest BCUT2D eigenvalue weighted by Crippen LogP contribution is -1.97. The van der Waals surface area contributed by atoms with Gasteiger partial charge in [-0.2, -0.15) is 0 Å². The number of carboxylic acids is 1. The molecular weight excluding hydrogens is 240 g/mol. The van der Waals surface area contributed by atoms with Crippen molar-refractivity contribution in [3.05, 3.63) is 47.9 Å². The van der Waals surface area contributed by atoms with E-state index in [0.717, 1.165) is 0 Å². The van der Waals surface area contributed by atoms with Gasteiger partial charge < -0.3 is 14.6 Å². The summed E-state index contributed by atoms with van der Waals surface area (Å²) in [6, 6.07) is 8.31. The summed E-state index contributed by atoms with van der Waals surface area (Å²) in [5.74, 6) is -0.0648. The van der Waals surface area contributed by atoms with E-state index in [0.29, 0.717) is 16.4 Å². The SMILES string of the molecule is O=C(O)c1ccoc1CSc1ccccc1O. The van der Waals surface area contributed by atoms with Crippen molar-refractivity contribution in [1.82, 2.24) is 0 Å². The summed E-state index contributed by atoms with van der Waals surface area (Å²) in [6.45, 7) is 0. The number of hydrogen-bond acceptors (Lipinski definition) is 4. The van der Waals surface area contributed by atoms with E-state index in [1.807, 2.05) is 6.07 Å². The second-order valence-electron chi connectivity index (χ2n) is 3.32. The summed E-state index contributed by atoms with van der Waals surface area (Å²) in [6.07, 6.45) is 1.35. The molecule has 17 heavy (non-hydrogen) atoms. The zero-order valence-corrected chi connectivity index (χ0v) is 9.61. The average molecular weight is 250 g/mol. The minimum absolute atomic E-state index is 0.160. The molecule has 88 valence electrons. The van der Waals surface area contributed by atoms with Crippen LogP contribution in [-0.2, 0) is 5.75 Å². The Hall–Kier alpha value is -1.88. The van der Waals surface area contributed by atoms with Crippen molar-refractivity contribution >= 4 is 17.7 Å². The van der Waals surface area contributed by atoms with Crippen molar-refractivity contribution < 1.29 is 19.4 Å². The van der Waals surface area contributed by atoms with Gasteiger partial charge in [-0.1, -0.05) is 12.1 Å². The fourth-order valence-electron chi connectivity index (χ4n) is 1.37. The van der Waals surface area contributed by atoms with Crippen molar-refractivity contribution in [1.29, 1.82) is 0 Å². The van der Waals surface area contributed by atoms with Crippen LogP contribution in [0.3, 0.4) is 0 Å². The van der Waals surface area contributed by atoms with Crippen LogP contribution >= 0.6 is 11.8 Å². The zero-order chi connectivity index (χ0) is 12.3. The maximum Gasteiger partial charge on any atom is 0.339 e. The molecule has 0 saturated heterocycles. The Morgan fingerprint density at radius 2 is 2.06 bits per heavy atom. The van der Waals surface area contributed by atoms with Crippen LogP contribution < -0.4 is 0 Å². The van der Waals surface area contributed by atoms with Gasteiger partial charge >= 0.3 is 5.97 Å². The van der Waals surface area contributed by atoms with E-state index in [2.05, 4.69) is 0 Å². The summed E-state index contributed by atoms with van der Waals surface area (Å²) in [7, 11) is 0. The molecule has 4 nitrogen and oxygen atoms in total. The fraction of sp³-hybridized carbons (Fsp3) is 0.0833. The molecule has 0 spiro atoms. The Morgan fingerprint density at radius 1 is 1.29 bits per heavy atom. The third-order valence-electron chi connectivity index (χ3n) is 2.20. The van der Waals surface area contributed by atoms with Gasteiger partial charge in [-0.15, -0.1) is 11.8 Å². The molecule has 5 heteroatoms. The highest BCUT2D eigenvalue weighted by Crippen LogP contribution is 2.31. The molecule has 0 radical (unpaired) electrons. The van der Waals surface area contributed by atoms with E-state index in [4.69, 9.17) is 9.52 Å². The van der Waals surface area contributed by atoms with Gasteiger partial charge in [0.1, 0.15) is 17.1 Å². The Balaban J connectivity index is 2.10. The van der Waals surface area contributed by atoms with E-state index in [-0.39, 0.29) is 11.3 Å². The third-order valence-corrected chi connectivity index (χ3v) is 3.26. The quantitative estimate of drug-likeness (QED) is 0.816. The largest absolute Gasteiger partial charge is 0.507 e. The highest BCUT2D eigenvalue weighted by atomic mass is 32.2. The third kappa shape index (κ3) is 2.62. The van der Waals surface area contributed by atoms with Gasteiger partial charge in [-0.3, -0.25) is 0 Å². The number of phenols is 1. The van der Waals surface area contributed by atoms with Crippen molar-refractivity contribution in [2.24, 2.45) is 0 Å². The number of thioether (sulfide) groups is 1. The molecule has 0 saturated carbocycles. The standard InChI is InChI=1S/C12H10O4S/c13-9-3-1-2-4-11(9)17-7-10-8(12(14)15)5-6-16-10/h1-6,13H,7H2,(H,14,15). The Labute approximate surface area is 102 Å². The summed E-state index contributed by atoms with van der Waals surface area (Å²) in [5, 5.41) is 18.4.